The largest absolute Gasteiger partial charge is 0.368 e. The maximum Gasteiger partial charge on any atom is 0.222 e. The quantitative estimate of drug-likeness (QED) is 0.703. The Morgan fingerprint density at radius 3 is 2.93 bits per heavy atom. The summed E-state index contributed by atoms with van der Waals surface area (Å²) >= 11 is 0. The highest BCUT2D eigenvalue weighted by atomic mass is 15.1. The van der Waals surface area contributed by atoms with Gasteiger partial charge in [0.05, 0.1) is 0 Å². The summed E-state index contributed by atoms with van der Waals surface area (Å²) in [7, 11) is 0. The highest BCUT2D eigenvalue weighted by molar-refractivity contribution is 5.41. The second-order valence-corrected chi connectivity index (χ2v) is 3.21. The Hall–Kier alpha value is -1.76. The van der Waals surface area contributed by atoms with Crippen LogP contribution in [0, 0.1) is 19.3 Å². The van der Waals surface area contributed by atoms with Crippen LogP contribution in [0.5, 0.6) is 0 Å². The highest BCUT2D eigenvalue weighted by Crippen LogP contribution is 2.09. The summed E-state index contributed by atoms with van der Waals surface area (Å²) in [5.74, 6) is 3.58. The van der Waals surface area contributed by atoms with Crippen LogP contribution in [0.2, 0.25) is 0 Å². The molecule has 1 rings (SSSR count). The molecule has 4 nitrogen and oxygen atoms in total. The first-order valence-electron chi connectivity index (χ1n) is 4.43. The minimum atomic E-state index is 0.189. The average Bonchev–Trinajstić information content (AvgIpc) is 2.01. The van der Waals surface area contributed by atoms with Gasteiger partial charge < -0.3 is 11.1 Å². The van der Waals surface area contributed by atoms with Crippen LogP contribution in [0.3, 0.4) is 0 Å². The molecule has 1 aromatic heterocycles. The van der Waals surface area contributed by atoms with Gasteiger partial charge in [0.25, 0.3) is 0 Å². The lowest BCUT2D eigenvalue weighted by Gasteiger charge is -2.11. The molecular weight excluding hydrogens is 176 g/mol. The zero-order valence-corrected chi connectivity index (χ0v) is 8.41. The smallest absolute Gasteiger partial charge is 0.222 e. The molecule has 0 radical (unpaired) electrons. The van der Waals surface area contributed by atoms with Gasteiger partial charge in [0.2, 0.25) is 5.95 Å². The number of hydrogen-bond donors (Lipinski definition) is 2. The molecule has 0 aliphatic heterocycles. The average molecular weight is 190 g/mol. The molecule has 0 aliphatic rings. The SMILES string of the molecule is C#CCC(C)Nc1cc(C)nc(N)n1. The van der Waals surface area contributed by atoms with Crippen LogP contribution in [0.15, 0.2) is 6.07 Å². The van der Waals surface area contributed by atoms with Gasteiger partial charge in [-0.3, -0.25) is 0 Å². The van der Waals surface area contributed by atoms with E-state index in [2.05, 4.69) is 21.2 Å². The number of nitrogens with zero attached hydrogens (tertiary/aromatic N) is 2. The van der Waals surface area contributed by atoms with E-state index in [1.807, 2.05) is 19.9 Å². The van der Waals surface area contributed by atoms with Crippen LogP contribution < -0.4 is 11.1 Å². The molecule has 3 N–H and O–H groups in total. The van der Waals surface area contributed by atoms with Crippen molar-refractivity contribution in [1.82, 2.24) is 9.97 Å². The topological polar surface area (TPSA) is 63.8 Å². The fraction of sp³-hybridized carbons (Fsp3) is 0.400. The molecule has 14 heavy (non-hydrogen) atoms. The van der Waals surface area contributed by atoms with Crippen LogP contribution in [-0.4, -0.2) is 16.0 Å². The maximum atomic E-state index is 5.51. The van der Waals surface area contributed by atoms with Gasteiger partial charge in [0.1, 0.15) is 5.82 Å². The maximum absolute atomic E-state index is 5.51. The van der Waals surface area contributed by atoms with Crippen LogP contribution in [0.1, 0.15) is 19.0 Å². The summed E-state index contributed by atoms with van der Waals surface area (Å²) in [5.41, 5.74) is 6.35. The number of anilines is 2. The Balaban J connectivity index is 2.72. The van der Waals surface area contributed by atoms with E-state index in [1.165, 1.54) is 0 Å². The monoisotopic (exact) mass is 190 g/mol. The third-order valence-corrected chi connectivity index (χ3v) is 1.69. The molecule has 0 bridgehead atoms. The van der Waals surface area contributed by atoms with E-state index in [1.54, 1.807) is 0 Å². The van der Waals surface area contributed by atoms with E-state index in [-0.39, 0.29) is 12.0 Å². The first-order valence-corrected chi connectivity index (χ1v) is 4.43. The molecule has 0 fully saturated rings. The number of terminal acetylenes is 1. The molecule has 1 unspecified atom stereocenters. The van der Waals surface area contributed by atoms with Crippen LogP contribution in [0.4, 0.5) is 11.8 Å². The number of nitrogen functional groups attached to an aromatic ring is 1. The van der Waals surface area contributed by atoms with E-state index >= 15 is 0 Å². The summed E-state index contributed by atoms with van der Waals surface area (Å²) in [6.45, 7) is 3.86. The van der Waals surface area contributed by atoms with Crippen molar-refractivity contribution in [1.29, 1.82) is 0 Å². The van der Waals surface area contributed by atoms with Crippen molar-refractivity contribution >= 4 is 11.8 Å². The van der Waals surface area contributed by atoms with Gasteiger partial charge in [-0.15, -0.1) is 12.3 Å². The van der Waals surface area contributed by atoms with Gasteiger partial charge in [-0.2, -0.15) is 4.98 Å². The minimum Gasteiger partial charge on any atom is -0.368 e. The van der Waals surface area contributed by atoms with Gasteiger partial charge in [0, 0.05) is 24.2 Å². The first kappa shape index (κ1) is 10.3. The molecule has 0 spiro atoms. The van der Waals surface area contributed by atoms with Crippen LogP contribution in [-0.2, 0) is 0 Å². The predicted molar refractivity (Wildman–Crippen MR) is 57.7 cm³/mol. The lowest BCUT2D eigenvalue weighted by Crippen LogP contribution is -2.16. The lowest BCUT2D eigenvalue weighted by atomic mass is 10.2. The number of rotatable bonds is 3. The fourth-order valence-corrected chi connectivity index (χ4v) is 1.15. The van der Waals surface area contributed by atoms with Gasteiger partial charge >= 0.3 is 0 Å². The molecule has 74 valence electrons. The molecule has 1 atom stereocenters. The summed E-state index contributed by atoms with van der Waals surface area (Å²) in [4.78, 5) is 8.02. The van der Waals surface area contributed by atoms with E-state index in [4.69, 9.17) is 12.2 Å². The van der Waals surface area contributed by atoms with E-state index < -0.39 is 0 Å². The number of nitrogens with two attached hydrogens (primary N) is 1. The van der Waals surface area contributed by atoms with Gasteiger partial charge in [-0.05, 0) is 13.8 Å². The third-order valence-electron chi connectivity index (χ3n) is 1.69. The Morgan fingerprint density at radius 2 is 2.36 bits per heavy atom. The molecule has 4 heteroatoms. The van der Waals surface area contributed by atoms with Crippen LogP contribution in [0.25, 0.3) is 0 Å². The fourth-order valence-electron chi connectivity index (χ4n) is 1.15. The Kier molecular flexibility index (Phi) is 3.29. The van der Waals surface area contributed by atoms with Crippen molar-refractivity contribution in [2.45, 2.75) is 26.3 Å². The van der Waals surface area contributed by atoms with Gasteiger partial charge in [-0.25, -0.2) is 4.98 Å². The molecular formula is C10H14N4. The molecule has 0 saturated carbocycles. The zero-order chi connectivity index (χ0) is 10.6. The molecule has 0 amide bonds. The second kappa shape index (κ2) is 4.47. The predicted octanol–water partition coefficient (Wildman–Crippen LogP) is 1.19. The first-order chi connectivity index (χ1) is 6.61. The summed E-state index contributed by atoms with van der Waals surface area (Å²) < 4.78 is 0. The lowest BCUT2D eigenvalue weighted by molar-refractivity contribution is 0.820. The Labute approximate surface area is 83.9 Å². The van der Waals surface area contributed by atoms with E-state index in [9.17, 15) is 0 Å². The van der Waals surface area contributed by atoms with Crippen molar-refractivity contribution < 1.29 is 0 Å². The Bertz CT molecular complexity index is 333. The Morgan fingerprint density at radius 1 is 1.64 bits per heavy atom. The normalized spacial score (nSPS) is 11.8. The van der Waals surface area contributed by atoms with Crippen molar-refractivity contribution in [3.8, 4) is 12.3 Å². The summed E-state index contributed by atoms with van der Waals surface area (Å²) in [5, 5.41) is 3.15. The highest BCUT2D eigenvalue weighted by Gasteiger charge is 2.02. The van der Waals surface area contributed by atoms with E-state index in [0.29, 0.717) is 6.42 Å². The van der Waals surface area contributed by atoms with E-state index in [0.717, 1.165) is 11.5 Å². The van der Waals surface area contributed by atoms with Crippen molar-refractivity contribution in [3.05, 3.63) is 11.8 Å². The number of aromatic nitrogens is 2. The molecule has 0 aromatic carbocycles. The van der Waals surface area contributed by atoms with Crippen molar-refractivity contribution in [3.63, 3.8) is 0 Å². The summed E-state index contributed by atoms with van der Waals surface area (Å²) in [6, 6.07) is 2.03. The standard InChI is InChI=1S/C10H14N4/c1-4-5-7(2)12-9-6-8(3)13-10(11)14-9/h1,6-7H,5H2,2-3H3,(H3,11,12,13,14). The number of aryl methyl sites for hydroxylation is 1. The van der Waals surface area contributed by atoms with Crippen molar-refractivity contribution in [2.75, 3.05) is 11.1 Å². The van der Waals surface area contributed by atoms with Gasteiger partial charge in [-0.1, -0.05) is 0 Å². The molecule has 1 aromatic rings. The molecule has 0 aliphatic carbocycles. The van der Waals surface area contributed by atoms with Gasteiger partial charge in [0.15, 0.2) is 0 Å². The van der Waals surface area contributed by atoms with Crippen molar-refractivity contribution in [2.24, 2.45) is 0 Å². The number of nitrogens with one attached hydrogen (secondary N) is 1. The summed E-state index contributed by atoms with van der Waals surface area (Å²) in [6.07, 6.45) is 5.85. The third kappa shape index (κ3) is 2.94. The molecule has 0 saturated heterocycles. The second-order valence-electron chi connectivity index (χ2n) is 3.21. The minimum absolute atomic E-state index is 0.189. The molecule has 1 heterocycles. The number of hydrogen-bond acceptors (Lipinski definition) is 4. The van der Waals surface area contributed by atoms with Crippen LogP contribution >= 0.6 is 0 Å². The zero-order valence-electron chi connectivity index (χ0n) is 8.41.